The maximum atomic E-state index is 13.8. The summed E-state index contributed by atoms with van der Waals surface area (Å²) in [6.07, 6.45) is 1.10. The largest absolute Gasteiger partial charge is 0.302 e. The van der Waals surface area contributed by atoms with Gasteiger partial charge >= 0.3 is 0 Å². The van der Waals surface area contributed by atoms with Gasteiger partial charge in [-0.25, -0.2) is 22.2 Å². The van der Waals surface area contributed by atoms with E-state index >= 15 is 0 Å². The van der Waals surface area contributed by atoms with Crippen molar-refractivity contribution in [2.24, 2.45) is 5.92 Å². The number of anilines is 1. The van der Waals surface area contributed by atoms with Crippen LogP contribution in [0, 0.1) is 17.6 Å². The standard InChI is InChI=1S/C17H15F2N3O3S3/c18-11-7-12(19)15-13(8-11)27-17(20-15)21-16(23)10-3-1-5-22(9-10)28(24,25)14-4-2-6-26-14/h2,4,6-8,10H,1,3,5,9H2,(H,20,21,23)/t10-/m0/s1. The van der Waals surface area contributed by atoms with Crippen molar-refractivity contribution in [1.29, 1.82) is 0 Å². The number of sulfonamides is 1. The molecule has 3 aromatic rings. The van der Waals surface area contributed by atoms with Crippen LogP contribution in [0.5, 0.6) is 0 Å². The minimum absolute atomic E-state index is 0.00718. The number of rotatable bonds is 4. The van der Waals surface area contributed by atoms with Crippen molar-refractivity contribution in [2.75, 3.05) is 18.4 Å². The summed E-state index contributed by atoms with van der Waals surface area (Å²) in [4.78, 5) is 16.6. The molecule has 1 atom stereocenters. The summed E-state index contributed by atoms with van der Waals surface area (Å²) in [5, 5.41) is 4.46. The van der Waals surface area contributed by atoms with Crippen LogP contribution in [0.4, 0.5) is 13.9 Å². The Kier molecular flexibility index (Phi) is 5.17. The molecule has 2 aromatic heterocycles. The summed E-state index contributed by atoms with van der Waals surface area (Å²) in [6.45, 7) is 0.426. The SMILES string of the molecule is O=C(Nc1nc2c(F)cc(F)cc2s1)[C@H]1CCCN(S(=O)(=O)c2cccs2)C1. The lowest BCUT2D eigenvalue weighted by atomic mass is 9.99. The van der Waals surface area contributed by atoms with E-state index in [0.29, 0.717) is 24.1 Å². The van der Waals surface area contributed by atoms with Crippen LogP contribution >= 0.6 is 22.7 Å². The van der Waals surface area contributed by atoms with Crippen LogP contribution in [-0.2, 0) is 14.8 Å². The van der Waals surface area contributed by atoms with Gasteiger partial charge in [-0.3, -0.25) is 4.79 Å². The summed E-state index contributed by atoms with van der Waals surface area (Å²) >= 11 is 2.11. The van der Waals surface area contributed by atoms with Gasteiger partial charge in [-0.05, 0) is 30.4 Å². The Bertz CT molecular complexity index is 1130. The van der Waals surface area contributed by atoms with E-state index in [9.17, 15) is 22.0 Å². The van der Waals surface area contributed by atoms with E-state index < -0.39 is 27.6 Å². The molecule has 1 saturated heterocycles. The number of halogens is 2. The average Bonchev–Trinajstić information content (AvgIpc) is 3.32. The number of fused-ring (bicyclic) bond motifs is 1. The third kappa shape index (κ3) is 3.66. The molecule has 4 rings (SSSR count). The lowest BCUT2D eigenvalue weighted by molar-refractivity contribution is -0.120. The second-order valence-corrected chi connectivity index (χ2v) is 10.5. The predicted molar refractivity (Wildman–Crippen MR) is 104 cm³/mol. The fourth-order valence-corrected chi connectivity index (χ4v) is 6.71. The van der Waals surface area contributed by atoms with E-state index in [-0.39, 0.29) is 27.3 Å². The van der Waals surface area contributed by atoms with Crippen LogP contribution in [0.25, 0.3) is 10.2 Å². The number of nitrogens with one attached hydrogen (secondary N) is 1. The minimum Gasteiger partial charge on any atom is -0.302 e. The summed E-state index contributed by atoms with van der Waals surface area (Å²) in [5.74, 6) is -2.44. The highest BCUT2D eigenvalue weighted by atomic mass is 32.2. The maximum absolute atomic E-state index is 13.8. The van der Waals surface area contributed by atoms with Crippen LogP contribution in [0.3, 0.4) is 0 Å². The first-order valence-corrected chi connectivity index (χ1v) is 11.6. The van der Waals surface area contributed by atoms with Crippen molar-refractivity contribution < 1.29 is 22.0 Å². The third-order valence-corrected chi connectivity index (χ3v) is 8.64. The Morgan fingerprint density at radius 1 is 1.32 bits per heavy atom. The molecular formula is C17H15F2N3O3S3. The molecule has 0 aliphatic carbocycles. The fourth-order valence-electron chi connectivity index (χ4n) is 3.13. The first kappa shape index (κ1) is 19.4. The number of benzene rings is 1. The molecule has 28 heavy (non-hydrogen) atoms. The van der Waals surface area contributed by atoms with E-state index in [1.807, 2.05) is 0 Å². The van der Waals surface area contributed by atoms with Gasteiger partial charge in [0.2, 0.25) is 5.91 Å². The molecular weight excluding hydrogens is 428 g/mol. The van der Waals surface area contributed by atoms with Crippen LogP contribution in [0.2, 0.25) is 0 Å². The van der Waals surface area contributed by atoms with Crippen molar-refractivity contribution in [3.8, 4) is 0 Å². The topological polar surface area (TPSA) is 79.4 Å². The normalized spacial score (nSPS) is 18.4. The second kappa shape index (κ2) is 7.47. The number of piperidine rings is 1. The van der Waals surface area contributed by atoms with Gasteiger partial charge in [0.1, 0.15) is 15.5 Å². The number of thiazole rings is 1. The number of carbonyl (C=O) groups excluding carboxylic acids is 1. The quantitative estimate of drug-likeness (QED) is 0.667. The molecule has 11 heteroatoms. The molecule has 1 aliphatic rings. The van der Waals surface area contributed by atoms with Crippen molar-refractivity contribution in [3.63, 3.8) is 0 Å². The lowest BCUT2D eigenvalue weighted by Gasteiger charge is -2.30. The zero-order valence-electron chi connectivity index (χ0n) is 14.4. The van der Waals surface area contributed by atoms with Crippen LogP contribution in [0.15, 0.2) is 33.9 Å². The van der Waals surface area contributed by atoms with Gasteiger partial charge in [0.25, 0.3) is 10.0 Å². The van der Waals surface area contributed by atoms with E-state index in [2.05, 4.69) is 10.3 Å². The highest BCUT2D eigenvalue weighted by Crippen LogP contribution is 2.30. The summed E-state index contributed by atoms with van der Waals surface area (Å²) in [5.41, 5.74) is -0.00718. The molecule has 1 N–H and O–H groups in total. The van der Waals surface area contributed by atoms with Gasteiger partial charge in [-0.1, -0.05) is 17.4 Å². The zero-order valence-corrected chi connectivity index (χ0v) is 16.8. The number of carbonyl (C=O) groups is 1. The zero-order chi connectivity index (χ0) is 19.9. The van der Waals surface area contributed by atoms with E-state index in [4.69, 9.17) is 0 Å². The summed E-state index contributed by atoms with van der Waals surface area (Å²) < 4.78 is 54.3. The molecule has 148 valence electrons. The van der Waals surface area contributed by atoms with Gasteiger partial charge in [0, 0.05) is 19.2 Å². The monoisotopic (exact) mass is 443 g/mol. The number of hydrogen-bond acceptors (Lipinski definition) is 6. The molecule has 0 spiro atoms. The van der Waals surface area contributed by atoms with Crippen molar-refractivity contribution in [2.45, 2.75) is 17.1 Å². The smallest absolute Gasteiger partial charge is 0.252 e. The number of aromatic nitrogens is 1. The highest BCUT2D eigenvalue weighted by molar-refractivity contribution is 7.91. The van der Waals surface area contributed by atoms with Gasteiger partial charge < -0.3 is 5.32 Å². The van der Waals surface area contributed by atoms with Gasteiger partial charge in [0.15, 0.2) is 10.9 Å². The molecule has 1 fully saturated rings. The van der Waals surface area contributed by atoms with Crippen molar-refractivity contribution >= 4 is 54.0 Å². The molecule has 1 aliphatic heterocycles. The number of amides is 1. The van der Waals surface area contributed by atoms with Gasteiger partial charge in [-0.2, -0.15) is 4.31 Å². The average molecular weight is 444 g/mol. The summed E-state index contributed by atoms with van der Waals surface area (Å²) in [6, 6.07) is 5.10. The van der Waals surface area contributed by atoms with E-state index in [1.165, 1.54) is 4.31 Å². The van der Waals surface area contributed by atoms with E-state index in [1.54, 1.807) is 17.5 Å². The highest BCUT2D eigenvalue weighted by Gasteiger charge is 2.34. The Morgan fingerprint density at radius 3 is 2.89 bits per heavy atom. The molecule has 0 radical (unpaired) electrons. The number of hydrogen-bond donors (Lipinski definition) is 1. The molecule has 0 saturated carbocycles. The number of thiophene rings is 1. The van der Waals surface area contributed by atoms with Crippen LogP contribution in [0.1, 0.15) is 12.8 Å². The predicted octanol–water partition coefficient (Wildman–Crippen LogP) is 3.68. The first-order chi connectivity index (χ1) is 13.3. The molecule has 0 unspecified atom stereocenters. The minimum atomic E-state index is -3.62. The van der Waals surface area contributed by atoms with Crippen LogP contribution in [-0.4, -0.2) is 36.7 Å². The Hall–Kier alpha value is -1.95. The third-order valence-electron chi connectivity index (χ3n) is 4.49. The molecule has 6 nitrogen and oxygen atoms in total. The second-order valence-electron chi connectivity index (χ2n) is 6.38. The molecule has 1 amide bonds. The Labute approximate surface area is 167 Å². The summed E-state index contributed by atoms with van der Waals surface area (Å²) in [7, 11) is -3.62. The van der Waals surface area contributed by atoms with Crippen molar-refractivity contribution in [3.05, 3.63) is 41.3 Å². The Balaban J connectivity index is 1.50. The molecule has 3 heterocycles. The fraction of sp³-hybridized carbons (Fsp3) is 0.294. The first-order valence-electron chi connectivity index (χ1n) is 8.45. The molecule has 0 bridgehead atoms. The van der Waals surface area contributed by atoms with Crippen molar-refractivity contribution in [1.82, 2.24) is 9.29 Å². The maximum Gasteiger partial charge on any atom is 0.252 e. The Morgan fingerprint density at radius 2 is 2.14 bits per heavy atom. The van der Waals surface area contributed by atoms with Crippen LogP contribution < -0.4 is 5.32 Å². The number of nitrogens with zero attached hydrogens (tertiary/aromatic N) is 2. The molecule has 1 aromatic carbocycles. The van der Waals surface area contributed by atoms with E-state index in [0.717, 1.165) is 34.8 Å². The van der Waals surface area contributed by atoms with Gasteiger partial charge in [0.05, 0.1) is 10.6 Å². The lowest BCUT2D eigenvalue weighted by Crippen LogP contribution is -2.43. The van der Waals surface area contributed by atoms with Gasteiger partial charge in [-0.15, -0.1) is 11.3 Å².